The summed E-state index contributed by atoms with van der Waals surface area (Å²) >= 11 is 0. The summed E-state index contributed by atoms with van der Waals surface area (Å²) in [7, 11) is 0. The van der Waals surface area contributed by atoms with E-state index in [0.29, 0.717) is 11.8 Å². The van der Waals surface area contributed by atoms with Crippen molar-refractivity contribution < 1.29 is 5.11 Å². The van der Waals surface area contributed by atoms with E-state index in [1.165, 1.54) is 64.2 Å². The SMILES string of the molecule is CCC1CCC(C(O)C2CCC(CC)CC2)CC1. The predicted octanol–water partition coefficient (Wildman–Crippen LogP) is 4.78. The summed E-state index contributed by atoms with van der Waals surface area (Å²) in [4.78, 5) is 0. The lowest BCUT2D eigenvalue weighted by atomic mass is 9.71. The second-order valence-electron chi connectivity index (χ2n) is 6.87. The van der Waals surface area contributed by atoms with Gasteiger partial charge in [-0.1, -0.05) is 52.4 Å². The molecule has 0 spiro atoms. The van der Waals surface area contributed by atoms with E-state index >= 15 is 0 Å². The van der Waals surface area contributed by atoms with Crippen molar-refractivity contribution >= 4 is 0 Å². The Morgan fingerprint density at radius 2 is 1.06 bits per heavy atom. The molecule has 1 heteroatoms. The summed E-state index contributed by atoms with van der Waals surface area (Å²) in [6.45, 7) is 4.63. The van der Waals surface area contributed by atoms with E-state index in [1.807, 2.05) is 0 Å². The third-order valence-corrected chi connectivity index (χ3v) is 5.90. The summed E-state index contributed by atoms with van der Waals surface area (Å²) in [5, 5.41) is 10.6. The molecular weight excluding hydrogens is 220 g/mol. The minimum atomic E-state index is 0.0145. The lowest BCUT2D eigenvalue weighted by Crippen LogP contribution is -2.34. The maximum atomic E-state index is 10.6. The second-order valence-corrected chi connectivity index (χ2v) is 6.87. The topological polar surface area (TPSA) is 20.2 Å². The Labute approximate surface area is 113 Å². The molecule has 2 saturated carbocycles. The van der Waals surface area contributed by atoms with E-state index < -0.39 is 0 Å². The van der Waals surface area contributed by atoms with Crippen molar-refractivity contribution in [1.29, 1.82) is 0 Å². The van der Waals surface area contributed by atoms with Gasteiger partial charge < -0.3 is 5.11 Å². The molecule has 0 saturated heterocycles. The Hall–Kier alpha value is -0.0400. The molecule has 0 aliphatic heterocycles. The molecule has 1 N–H and O–H groups in total. The molecule has 106 valence electrons. The molecule has 0 aromatic carbocycles. The maximum absolute atomic E-state index is 10.6. The standard InChI is InChI=1S/C17H32O/c1-3-13-5-9-15(10-6-13)17(18)16-11-7-14(4-2)8-12-16/h13-18H,3-12H2,1-2H3. The number of aliphatic hydroxyl groups excluding tert-OH is 1. The predicted molar refractivity (Wildman–Crippen MR) is 77.5 cm³/mol. The molecule has 0 aromatic rings. The van der Waals surface area contributed by atoms with E-state index in [0.717, 1.165) is 11.8 Å². The first kappa shape index (κ1) is 14.4. The minimum Gasteiger partial charge on any atom is -0.393 e. The molecule has 0 radical (unpaired) electrons. The molecule has 2 aliphatic carbocycles. The van der Waals surface area contributed by atoms with Crippen LogP contribution in [0.5, 0.6) is 0 Å². The molecule has 0 unspecified atom stereocenters. The largest absolute Gasteiger partial charge is 0.393 e. The molecule has 0 atom stereocenters. The average Bonchev–Trinajstić information content (AvgIpc) is 2.47. The molecule has 2 aliphatic rings. The Morgan fingerprint density at radius 3 is 1.33 bits per heavy atom. The first-order valence-corrected chi connectivity index (χ1v) is 8.42. The van der Waals surface area contributed by atoms with Gasteiger partial charge in [0.1, 0.15) is 0 Å². The van der Waals surface area contributed by atoms with Crippen molar-refractivity contribution in [3.05, 3.63) is 0 Å². The fraction of sp³-hybridized carbons (Fsp3) is 1.00. The molecule has 0 heterocycles. The van der Waals surface area contributed by atoms with Gasteiger partial charge in [0, 0.05) is 0 Å². The van der Waals surface area contributed by atoms with Crippen LogP contribution in [0.4, 0.5) is 0 Å². The van der Waals surface area contributed by atoms with Gasteiger partial charge in [0.05, 0.1) is 6.10 Å². The zero-order valence-electron chi connectivity index (χ0n) is 12.4. The van der Waals surface area contributed by atoms with Crippen LogP contribution in [0.25, 0.3) is 0 Å². The summed E-state index contributed by atoms with van der Waals surface area (Å²) < 4.78 is 0. The van der Waals surface area contributed by atoms with E-state index in [1.54, 1.807) is 0 Å². The van der Waals surface area contributed by atoms with Crippen LogP contribution in [0.1, 0.15) is 78.1 Å². The monoisotopic (exact) mass is 252 g/mol. The van der Waals surface area contributed by atoms with E-state index in [2.05, 4.69) is 13.8 Å². The third-order valence-electron chi connectivity index (χ3n) is 5.90. The summed E-state index contributed by atoms with van der Waals surface area (Å²) in [5.41, 5.74) is 0. The summed E-state index contributed by atoms with van der Waals surface area (Å²) in [6.07, 6.45) is 13.3. The summed E-state index contributed by atoms with van der Waals surface area (Å²) in [6, 6.07) is 0. The Bertz CT molecular complexity index is 198. The normalized spacial score (nSPS) is 39.5. The van der Waals surface area contributed by atoms with Crippen LogP contribution in [-0.4, -0.2) is 11.2 Å². The average molecular weight is 252 g/mol. The molecule has 2 rings (SSSR count). The van der Waals surface area contributed by atoms with Crippen molar-refractivity contribution in [3.8, 4) is 0 Å². The number of rotatable bonds is 4. The summed E-state index contributed by atoms with van der Waals surface area (Å²) in [5.74, 6) is 3.14. The van der Waals surface area contributed by atoms with Gasteiger partial charge in [-0.15, -0.1) is 0 Å². The van der Waals surface area contributed by atoms with Crippen LogP contribution in [0.15, 0.2) is 0 Å². The van der Waals surface area contributed by atoms with Crippen molar-refractivity contribution in [2.45, 2.75) is 84.2 Å². The fourth-order valence-corrected chi connectivity index (χ4v) is 4.26. The van der Waals surface area contributed by atoms with Crippen LogP contribution in [-0.2, 0) is 0 Å². The molecule has 0 bridgehead atoms. The lowest BCUT2D eigenvalue weighted by Gasteiger charge is -2.38. The molecule has 18 heavy (non-hydrogen) atoms. The zero-order chi connectivity index (χ0) is 13.0. The first-order chi connectivity index (χ1) is 8.74. The van der Waals surface area contributed by atoms with Gasteiger partial charge in [0.2, 0.25) is 0 Å². The van der Waals surface area contributed by atoms with Gasteiger partial charge in [0.25, 0.3) is 0 Å². The maximum Gasteiger partial charge on any atom is 0.0596 e. The van der Waals surface area contributed by atoms with Crippen molar-refractivity contribution in [3.63, 3.8) is 0 Å². The second kappa shape index (κ2) is 6.93. The van der Waals surface area contributed by atoms with Gasteiger partial charge in [-0.25, -0.2) is 0 Å². The molecule has 2 fully saturated rings. The van der Waals surface area contributed by atoms with Crippen LogP contribution in [0, 0.1) is 23.7 Å². The highest BCUT2D eigenvalue weighted by Crippen LogP contribution is 2.39. The molecular formula is C17H32O. The number of aliphatic hydroxyl groups is 1. The number of hydrogen-bond donors (Lipinski definition) is 1. The zero-order valence-corrected chi connectivity index (χ0v) is 12.4. The quantitative estimate of drug-likeness (QED) is 0.763. The van der Waals surface area contributed by atoms with Crippen LogP contribution in [0.2, 0.25) is 0 Å². The highest BCUT2D eigenvalue weighted by Gasteiger charge is 2.32. The highest BCUT2D eigenvalue weighted by molar-refractivity contribution is 4.84. The Balaban J connectivity index is 1.76. The molecule has 1 nitrogen and oxygen atoms in total. The van der Waals surface area contributed by atoms with Gasteiger partial charge in [0.15, 0.2) is 0 Å². The molecule has 0 aromatic heterocycles. The van der Waals surface area contributed by atoms with Crippen molar-refractivity contribution in [2.24, 2.45) is 23.7 Å². The van der Waals surface area contributed by atoms with Gasteiger partial charge in [-0.05, 0) is 49.4 Å². The number of hydrogen-bond acceptors (Lipinski definition) is 1. The molecule has 0 amide bonds. The van der Waals surface area contributed by atoms with E-state index in [9.17, 15) is 5.11 Å². The lowest BCUT2D eigenvalue weighted by molar-refractivity contribution is 0.00600. The highest BCUT2D eigenvalue weighted by atomic mass is 16.3. The van der Waals surface area contributed by atoms with Crippen LogP contribution >= 0.6 is 0 Å². The van der Waals surface area contributed by atoms with Gasteiger partial charge in [-0.3, -0.25) is 0 Å². The Kier molecular flexibility index (Phi) is 5.54. The van der Waals surface area contributed by atoms with Crippen LogP contribution in [0.3, 0.4) is 0 Å². The van der Waals surface area contributed by atoms with Crippen LogP contribution < -0.4 is 0 Å². The van der Waals surface area contributed by atoms with E-state index in [-0.39, 0.29) is 6.10 Å². The smallest absolute Gasteiger partial charge is 0.0596 e. The van der Waals surface area contributed by atoms with Crippen molar-refractivity contribution in [2.75, 3.05) is 0 Å². The minimum absolute atomic E-state index is 0.0145. The fourth-order valence-electron chi connectivity index (χ4n) is 4.26. The van der Waals surface area contributed by atoms with E-state index in [4.69, 9.17) is 0 Å². The van der Waals surface area contributed by atoms with Gasteiger partial charge in [-0.2, -0.15) is 0 Å². The van der Waals surface area contributed by atoms with Gasteiger partial charge >= 0.3 is 0 Å². The third kappa shape index (κ3) is 3.50. The van der Waals surface area contributed by atoms with Crippen molar-refractivity contribution in [1.82, 2.24) is 0 Å². The first-order valence-electron chi connectivity index (χ1n) is 8.42. The Morgan fingerprint density at radius 1 is 0.722 bits per heavy atom.